The van der Waals surface area contributed by atoms with Crippen LogP contribution in [0.5, 0.6) is 0 Å². The van der Waals surface area contributed by atoms with E-state index < -0.39 is 5.97 Å². The van der Waals surface area contributed by atoms with Gasteiger partial charge in [-0.05, 0) is 13.8 Å². The molecule has 0 fully saturated rings. The van der Waals surface area contributed by atoms with Crippen LogP contribution in [0.4, 0.5) is 0 Å². The van der Waals surface area contributed by atoms with Crippen LogP contribution < -0.4 is 0 Å². The topological polar surface area (TPSA) is 53.4 Å². The van der Waals surface area contributed by atoms with Crippen LogP contribution in [0, 0.1) is 0 Å². The highest BCUT2D eigenvalue weighted by Gasteiger charge is 2.14. The summed E-state index contributed by atoms with van der Waals surface area (Å²) in [6.45, 7) is 4.63. The molecule has 0 aromatic carbocycles. The maximum atomic E-state index is 10.6. The molecule has 0 atom stereocenters. The van der Waals surface area contributed by atoms with Crippen molar-refractivity contribution in [3.63, 3.8) is 0 Å². The van der Waals surface area contributed by atoms with E-state index in [1.807, 2.05) is 24.1 Å². The van der Waals surface area contributed by atoms with Crippen molar-refractivity contribution in [3.8, 4) is 0 Å². The van der Waals surface area contributed by atoms with Gasteiger partial charge in [0.15, 0.2) is 0 Å². The van der Waals surface area contributed by atoms with E-state index in [0.717, 1.165) is 5.69 Å². The highest BCUT2D eigenvalue weighted by atomic mass is 32.1. The second kappa shape index (κ2) is 5.07. The molecule has 0 aliphatic carbocycles. The van der Waals surface area contributed by atoms with E-state index in [1.54, 1.807) is 5.51 Å². The van der Waals surface area contributed by atoms with E-state index in [4.69, 9.17) is 5.11 Å². The number of hydrogen-bond acceptors (Lipinski definition) is 4. The zero-order chi connectivity index (χ0) is 10.6. The van der Waals surface area contributed by atoms with E-state index in [-0.39, 0.29) is 12.6 Å². The first-order chi connectivity index (χ1) is 6.59. The second-order valence-electron chi connectivity index (χ2n) is 3.37. The molecule has 4 nitrogen and oxygen atoms in total. The van der Waals surface area contributed by atoms with Crippen LogP contribution in [0.25, 0.3) is 0 Å². The van der Waals surface area contributed by atoms with Crippen molar-refractivity contribution in [3.05, 3.63) is 16.6 Å². The van der Waals surface area contributed by atoms with Gasteiger partial charge in [-0.15, -0.1) is 11.3 Å². The molecule has 0 aliphatic heterocycles. The van der Waals surface area contributed by atoms with Gasteiger partial charge in [0.2, 0.25) is 0 Å². The molecule has 0 saturated heterocycles. The SMILES string of the molecule is CC(C)N(CC(=O)O)Cc1cscn1. The first kappa shape index (κ1) is 11.1. The van der Waals surface area contributed by atoms with Crippen LogP contribution >= 0.6 is 11.3 Å². The predicted molar refractivity (Wildman–Crippen MR) is 55.3 cm³/mol. The zero-order valence-electron chi connectivity index (χ0n) is 8.30. The first-order valence-electron chi connectivity index (χ1n) is 4.42. The van der Waals surface area contributed by atoms with Crippen LogP contribution in [0.3, 0.4) is 0 Å². The Morgan fingerprint density at radius 3 is 2.86 bits per heavy atom. The third-order valence-electron chi connectivity index (χ3n) is 1.92. The number of aliphatic carboxylic acids is 1. The highest BCUT2D eigenvalue weighted by molar-refractivity contribution is 7.07. The molecule has 1 N–H and O–H groups in total. The van der Waals surface area contributed by atoms with Gasteiger partial charge < -0.3 is 5.11 Å². The summed E-state index contributed by atoms with van der Waals surface area (Å²) in [5.74, 6) is -0.797. The molecule has 1 aromatic rings. The van der Waals surface area contributed by atoms with Crippen LogP contribution in [0.15, 0.2) is 10.9 Å². The lowest BCUT2D eigenvalue weighted by Gasteiger charge is -2.23. The van der Waals surface area contributed by atoms with E-state index in [2.05, 4.69) is 4.98 Å². The van der Waals surface area contributed by atoms with E-state index in [0.29, 0.717) is 6.54 Å². The number of thiazole rings is 1. The van der Waals surface area contributed by atoms with Crippen molar-refractivity contribution < 1.29 is 9.90 Å². The minimum Gasteiger partial charge on any atom is -0.480 e. The molecule has 0 spiro atoms. The van der Waals surface area contributed by atoms with Crippen LogP contribution in [-0.4, -0.2) is 33.5 Å². The van der Waals surface area contributed by atoms with Gasteiger partial charge in [0.05, 0.1) is 17.7 Å². The minimum atomic E-state index is -0.797. The van der Waals surface area contributed by atoms with Crippen molar-refractivity contribution in [2.24, 2.45) is 0 Å². The summed E-state index contributed by atoms with van der Waals surface area (Å²) in [4.78, 5) is 16.6. The largest absolute Gasteiger partial charge is 0.480 e. The maximum absolute atomic E-state index is 10.6. The number of aromatic nitrogens is 1. The number of carboxylic acid groups (broad SMARTS) is 1. The van der Waals surface area contributed by atoms with Crippen LogP contribution in [-0.2, 0) is 11.3 Å². The normalized spacial score (nSPS) is 11.1. The molecule has 1 heterocycles. The van der Waals surface area contributed by atoms with E-state index in [9.17, 15) is 4.79 Å². The quantitative estimate of drug-likeness (QED) is 0.805. The maximum Gasteiger partial charge on any atom is 0.317 e. The van der Waals surface area contributed by atoms with Gasteiger partial charge in [0.1, 0.15) is 0 Å². The molecule has 0 radical (unpaired) electrons. The summed E-state index contributed by atoms with van der Waals surface area (Å²) < 4.78 is 0. The lowest BCUT2D eigenvalue weighted by atomic mass is 10.3. The van der Waals surface area contributed by atoms with Gasteiger partial charge in [0.25, 0.3) is 0 Å². The molecule has 78 valence electrons. The Labute approximate surface area is 87.2 Å². The molecule has 0 saturated carbocycles. The molecule has 5 heteroatoms. The van der Waals surface area contributed by atoms with E-state index in [1.165, 1.54) is 11.3 Å². The summed E-state index contributed by atoms with van der Waals surface area (Å²) in [6.07, 6.45) is 0. The van der Waals surface area contributed by atoms with Crippen LogP contribution in [0.2, 0.25) is 0 Å². The summed E-state index contributed by atoms with van der Waals surface area (Å²) in [7, 11) is 0. The Kier molecular flexibility index (Phi) is 4.03. The van der Waals surface area contributed by atoms with Crippen molar-refractivity contribution >= 4 is 17.3 Å². The molecule has 0 unspecified atom stereocenters. The molecular weight excluding hydrogens is 200 g/mol. The van der Waals surface area contributed by atoms with Crippen molar-refractivity contribution in [1.82, 2.24) is 9.88 Å². The van der Waals surface area contributed by atoms with Crippen molar-refractivity contribution in [2.45, 2.75) is 26.4 Å². The number of nitrogens with zero attached hydrogens (tertiary/aromatic N) is 2. The fourth-order valence-electron chi connectivity index (χ4n) is 1.12. The molecule has 14 heavy (non-hydrogen) atoms. The third kappa shape index (κ3) is 3.43. The molecular formula is C9H14N2O2S. The van der Waals surface area contributed by atoms with Gasteiger partial charge in [-0.1, -0.05) is 0 Å². The fraction of sp³-hybridized carbons (Fsp3) is 0.556. The average Bonchev–Trinajstić information content (AvgIpc) is 2.54. The molecule has 1 aromatic heterocycles. The zero-order valence-corrected chi connectivity index (χ0v) is 9.12. The van der Waals surface area contributed by atoms with Gasteiger partial charge in [-0.3, -0.25) is 9.69 Å². The van der Waals surface area contributed by atoms with Crippen molar-refractivity contribution in [1.29, 1.82) is 0 Å². The Bertz CT molecular complexity index is 285. The van der Waals surface area contributed by atoms with Gasteiger partial charge in [-0.2, -0.15) is 0 Å². The third-order valence-corrected chi connectivity index (χ3v) is 2.55. The number of hydrogen-bond donors (Lipinski definition) is 1. The monoisotopic (exact) mass is 214 g/mol. The predicted octanol–water partition coefficient (Wildman–Crippen LogP) is 1.44. The standard InChI is InChI=1S/C9H14N2O2S/c1-7(2)11(4-9(12)13)3-8-5-14-6-10-8/h5-7H,3-4H2,1-2H3,(H,12,13). The van der Waals surface area contributed by atoms with Crippen LogP contribution in [0.1, 0.15) is 19.5 Å². The van der Waals surface area contributed by atoms with Gasteiger partial charge in [0, 0.05) is 18.0 Å². The summed E-state index contributed by atoms with van der Waals surface area (Å²) in [5, 5.41) is 10.6. The lowest BCUT2D eigenvalue weighted by Crippen LogP contribution is -2.35. The number of carboxylic acids is 1. The summed E-state index contributed by atoms with van der Waals surface area (Å²) >= 11 is 1.53. The Hall–Kier alpha value is -0.940. The summed E-state index contributed by atoms with van der Waals surface area (Å²) in [6, 6.07) is 0.216. The molecule has 0 amide bonds. The first-order valence-corrected chi connectivity index (χ1v) is 5.36. The van der Waals surface area contributed by atoms with Gasteiger partial charge >= 0.3 is 5.97 Å². The lowest BCUT2D eigenvalue weighted by molar-refractivity contribution is -0.138. The second-order valence-corrected chi connectivity index (χ2v) is 4.09. The molecule has 1 rings (SSSR count). The summed E-state index contributed by atoms with van der Waals surface area (Å²) in [5.41, 5.74) is 2.69. The number of carbonyl (C=O) groups is 1. The van der Waals surface area contributed by atoms with Crippen molar-refractivity contribution in [2.75, 3.05) is 6.54 Å². The fourth-order valence-corrected chi connectivity index (χ4v) is 1.67. The average molecular weight is 214 g/mol. The Balaban J connectivity index is 2.56. The number of rotatable bonds is 5. The minimum absolute atomic E-state index is 0.0647. The van der Waals surface area contributed by atoms with E-state index >= 15 is 0 Å². The Morgan fingerprint density at radius 2 is 2.43 bits per heavy atom. The Morgan fingerprint density at radius 1 is 1.71 bits per heavy atom. The van der Waals surface area contributed by atoms with Gasteiger partial charge in [-0.25, -0.2) is 4.98 Å². The highest BCUT2D eigenvalue weighted by Crippen LogP contribution is 2.08. The molecule has 0 bridgehead atoms. The molecule has 0 aliphatic rings. The smallest absolute Gasteiger partial charge is 0.317 e.